The van der Waals surface area contributed by atoms with Gasteiger partial charge in [-0.2, -0.15) is 0 Å². The predicted octanol–water partition coefficient (Wildman–Crippen LogP) is 3.69. The largest absolute Gasteiger partial charge is 0.381 e. The fourth-order valence-electron chi connectivity index (χ4n) is 2.95. The van der Waals surface area contributed by atoms with Gasteiger partial charge in [0.25, 0.3) is 0 Å². The first-order valence-corrected chi connectivity index (χ1v) is 7.94. The quantitative estimate of drug-likeness (QED) is 0.828. The van der Waals surface area contributed by atoms with Gasteiger partial charge in [0.05, 0.1) is 0 Å². The minimum atomic E-state index is -0.440. The number of nitrogens with one attached hydrogen (secondary N) is 1. The highest BCUT2D eigenvalue weighted by Gasteiger charge is 2.21. The Kier molecular flexibility index (Phi) is 6.58. The maximum atomic E-state index is 13.8. The van der Waals surface area contributed by atoms with Crippen LogP contribution in [0, 0.1) is 17.6 Å². The summed E-state index contributed by atoms with van der Waals surface area (Å²) in [5.74, 6) is -0.293. The summed E-state index contributed by atoms with van der Waals surface area (Å²) in [6.07, 6.45) is 4.48. The van der Waals surface area contributed by atoms with Crippen LogP contribution in [0.3, 0.4) is 0 Å². The third-order valence-electron chi connectivity index (χ3n) is 4.15. The fourth-order valence-corrected chi connectivity index (χ4v) is 2.95. The van der Waals surface area contributed by atoms with Crippen LogP contribution in [0.2, 0.25) is 0 Å². The van der Waals surface area contributed by atoms with Gasteiger partial charge in [-0.05, 0) is 56.7 Å². The normalized spacial score (nSPS) is 17.9. The molecule has 4 heteroatoms. The molecule has 1 aromatic carbocycles. The van der Waals surface area contributed by atoms with Crippen molar-refractivity contribution in [2.45, 2.75) is 45.1 Å². The Balaban J connectivity index is 2.01. The zero-order valence-electron chi connectivity index (χ0n) is 12.7. The van der Waals surface area contributed by atoms with E-state index in [1.807, 2.05) is 0 Å². The van der Waals surface area contributed by atoms with E-state index >= 15 is 0 Å². The van der Waals surface area contributed by atoms with Crippen molar-refractivity contribution >= 4 is 0 Å². The summed E-state index contributed by atoms with van der Waals surface area (Å²) >= 11 is 0. The van der Waals surface area contributed by atoms with E-state index in [4.69, 9.17) is 4.74 Å². The molecule has 0 spiro atoms. The van der Waals surface area contributed by atoms with Gasteiger partial charge in [0.1, 0.15) is 11.6 Å². The summed E-state index contributed by atoms with van der Waals surface area (Å²) in [5, 5.41) is 3.45. The van der Waals surface area contributed by atoms with Crippen molar-refractivity contribution in [3.63, 3.8) is 0 Å². The van der Waals surface area contributed by atoms with Crippen molar-refractivity contribution in [2.75, 3.05) is 19.8 Å². The lowest BCUT2D eigenvalue weighted by atomic mass is 9.89. The molecule has 0 saturated carbocycles. The van der Waals surface area contributed by atoms with Crippen LogP contribution in [0.5, 0.6) is 0 Å². The van der Waals surface area contributed by atoms with E-state index in [-0.39, 0.29) is 11.6 Å². The summed E-state index contributed by atoms with van der Waals surface area (Å²) in [6.45, 7) is 4.59. The van der Waals surface area contributed by atoms with E-state index < -0.39 is 11.6 Å². The Morgan fingerprint density at radius 2 is 1.90 bits per heavy atom. The van der Waals surface area contributed by atoms with E-state index in [2.05, 4.69) is 12.2 Å². The third kappa shape index (κ3) is 5.04. The van der Waals surface area contributed by atoms with Gasteiger partial charge in [0, 0.05) is 24.8 Å². The lowest BCUT2D eigenvalue weighted by Crippen LogP contribution is -2.35. The minimum Gasteiger partial charge on any atom is -0.381 e. The van der Waals surface area contributed by atoms with E-state index in [9.17, 15) is 8.78 Å². The number of benzene rings is 1. The third-order valence-corrected chi connectivity index (χ3v) is 4.15. The number of ether oxygens (including phenoxy) is 1. The van der Waals surface area contributed by atoms with Gasteiger partial charge in [0.15, 0.2) is 0 Å². The molecule has 2 rings (SSSR count). The van der Waals surface area contributed by atoms with E-state index in [1.165, 1.54) is 18.2 Å². The van der Waals surface area contributed by atoms with Crippen LogP contribution < -0.4 is 5.32 Å². The number of hydrogen-bond donors (Lipinski definition) is 1. The molecule has 0 radical (unpaired) electrons. The molecule has 0 aliphatic carbocycles. The highest BCUT2D eigenvalue weighted by atomic mass is 19.1. The van der Waals surface area contributed by atoms with Gasteiger partial charge in [-0.15, -0.1) is 0 Å². The van der Waals surface area contributed by atoms with Crippen LogP contribution in [-0.2, 0) is 11.2 Å². The first-order valence-electron chi connectivity index (χ1n) is 7.94. The highest BCUT2D eigenvalue weighted by molar-refractivity contribution is 5.20. The van der Waals surface area contributed by atoms with Crippen LogP contribution >= 0.6 is 0 Å². The number of halogens is 2. The van der Waals surface area contributed by atoms with Crippen LogP contribution in [0.4, 0.5) is 8.78 Å². The zero-order valence-corrected chi connectivity index (χ0v) is 12.7. The van der Waals surface area contributed by atoms with Crippen molar-refractivity contribution < 1.29 is 13.5 Å². The Hall–Kier alpha value is -1.00. The molecule has 2 nitrogen and oxygen atoms in total. The average molecular weight is 297 g/mol. The summed E-state index contributed by atoms with van der Waals surface area (Å²) in [5.41, 5.74) is 0.207. The highest BCUT2D eigenvalue weighted by Crippen LogP contribution is 2.23. The van der Waals surface area contributed by atoms with Gasteiger partial charge in [-0.3, -0.25) is 0 Å². The molecular formula is C17H25F2NO. The average Bonchev–Trinajstić information content (AvgIpc) is 2.49. The van der Waals surface area contributed by atoms with Crippen molar-refractivity contribution in [3.05, 3.63) is 35.4 Å². The number of hydrogen-bond acceptors (Lipinski definition) is 2. The minimum absolute atomic E-state index is 0.124. The molecule has 1 heterocycles. The van der Waals surface area contributed by atoms with Crippen molar-refractivity contribution in [1.29, 1.82) is 0 Å². The van der Waals surface area contributed by atoms with E-state index in [0.717, 1.165) is 45.4 Å². The second kappa shape index (κ2) is 8.44. The monoisotopic (exact) mass is 297 g/mol. The molecule has 1 fully saturated rings. The van der Waals surface area contributed by atoms with Crippen LogP contribution in [0.15, 0.2) is 18.2 Å². The molecule has 1 aromatic rings. The Morgan fingerprint density at radius 1 is 1.24 bits per heavy atom. The predicted molar refractivity (Wildman–Crippen MR) is 80.3 cm³/mol. The topological polar surface area (TPSA) is 21.3 Å². The molecular weight excluding hydrogens is 272 g/mol. The fraction of sp³-hybridized carbons (Fsp3) is 0.647. The van der Waals surface area contributed by atoms with Gasteiger partial charge in [-0.25, -0.2) is 8.78 Å². The Morgan fingerprint density at radius 3 is 2.52 bits per heavy atom. The molecule has 118 valence electrons. The SMILES string of the molecule is CCCNC(Cc1c(F)cccc1F)CC1CCOCC1. The molecule has 1 atom stereocenters. The van der Waals surface area contributed by atoms with Crippen LogP contribution in [-0.4, -0.2) is 25.8 Å². The van der Waals surface area contributed by atoms with Crippen molar-refractivity contribution in [2.24, 2.45) is 5.92 Å². The lowest BCUT2D eigenvalue weighted by molar-refractivity contribution is 0.0605. The molecule has 1 aliphatic rings. The molecule has 0 bridgehead atoms. The van der Waals surface area contributed by atoms with Gasteiger partial charge in [0.2, 0.25) is 0 Å². The maximum Gasteiger partial charge on any atom is 0.129 e. The van der Waals surface area contributed by atoms with Crippen LogP contribution in [0.1, 0.15) is 38.2 Å². The summed E-state index contributed by atoms with van der Waals surface area (Å²) < 4.78 is 33.0. The zero-order chi connectivity index (χ0) is 15.1. The first-order chi connectivity index (χ1) is 10.2. The maximum absolute atomic E-state index is 13.8. The molecule has 1 unspecified atom stereocenters. The molecule has 21 heavy (non-hydrogen) atoms. The van der Waals surface area contributed by atoms with Crippen molar-refractivity contribution in [3.8, 4) is 0 Å². The first kappa shape index (κ1) is 16.4. The van der Waals surface area contributed by atoms with Crippen molar-refractivity contribution in [1.82, 2.24) is 5.32 Å². The van der Waals surface area contributed by atoms with E-state index in [0.29, 0.717) is 12.3 Å². The molecule has 1 N–H and O–H groups in total. The summed E-state index contributed by atoms with van der Waals surface area (Å²) in [6, 6.07) is 4.22. The van der Waals surface area contributed by atoms with Crippen LogP contribution in [0.25, 0.3) is 0 Å². The number of rotatable bonds is 7. The second-order valence-electron chi connectivity index (χ2n) is 5.85. The Bertz CT molecular complexity index is 413. The summed E-state index contributed by atoms with van der Waals surface area (Å²) in [7, 11) is 0. The molecule has 1 aliphatic heterocycles. The van der Waals surface area contributed by atoms with Gasteiger partial charge < -0.3 is 10.1 Å². The standard InChI is InChI=1S/C17H25F2NO/c1-2-8-20-14(11-13-6-9-21-10-7-13)12-15-16(18)4-3-5-17(15)19/h3-5,13-14,20H,2,6-12H2,1H3. The Labute approximate surface area is 125 Å². The molecule has 0 amide bonds. The van der Waals surface area contributed by atoms with Gasteiger partial charge in [-0.1, -0.05) is 13.0 Å². The van der Waals surface area contributed by atoms with Gasteiger partial charge >= 0.3 is 0 Å². The summed E-state index contributed by atoms with van der Waals surface area (Å²) in [4.78, 5) is 0. The lowest BCUT2D eigenvalue weighted by Gasteiger charge is -2.27. The molecule has 0 aromatic heterocycles. The van der Waals surface area contributed by atoms with E-state index in [1.54, 1.807) is 0 Å². The second-order valence-corrected chi connectivity index (χ2v) is 5.85. The smallest absolute Gasteiger partial charge is 0.129 e. The molecule has 1 saturated heterocycles.